The number of nitrogens with one attached hydrogen (secondary N) is 2. The van der Waals surface area contributed by atoms with Crippen LogP contribution in [0.15, 0.2) is 12.1 Å². The molecule has 0 radical (unpaired) electrons. The van der Waals surface area contributed by atoms with Crippen LogP contribution in [0.25, 0.3) is 0 Å². The third-order valence-corrected chi connectivity index (χ3v) is 3.69. The average Bonchev–Trinajstić information content (AvgIpc) is 2.37. The Morgan fingerprint density at radius 3 is 2.75 bits per heavy atom. The standard InChI is InChI=1S/C10H13N5O4S/c1-2-13-20(18,19)6-5-12-10-4-3-9(15(16)17)8(7-11)14-10/h3-4,13H,2,5-6H2,1H3,(H,12,14). The van der Waals surface area contributed by atoms with Crippen LogP contribution in [-0.4, -0.2) is 37.2 Å². The fourth-order valence-electron chi connectivity index (χ4n) is 1.39. The fourth-order valence-corrected chi connectivity index (χ4v) is 2.34. The van der Waals surface area contributed by atoms with E-state index in [0.717, 1.165) is 6.07 Å². The van der Waals surface area contributed by atoms with Crippen LogP contribution in [0.1, 0.15) is 12.6 Å². The Morgan fingerprint density at radius 2 is 2.20 bits per heavy atom. The van der Waals surface area contributed by atoms with E-state index in [0.29, 0.717) is 6.54 Å². The van der Waals surface area contributed by atoms with Crippen LogP contribution in [0.5, 0.6) is 0 Å². The summed E-state index contributed by atoms with van der Waals surface area (Å²) in [5.41, 5.74) is -0.715. The lowest BCUT2D eigenvalue weighted by Gasteiger charge is -2.07. The minimum Gasteiger partial charge on any atom is -0.369 e. The predicted molar refractivity (Wildman–Crippen MR) is 71.6 cm³/mol. The van der Waals surface area contributed by atoms with Gasteiger partial charge < -0.3 is 5.32 Å². The van der Waals surface area contributed by atoms with Gasteiger partial charge in [0.05, 0.1) is 10.7 Å². The van der Waals surface area contributed by atoms with Crippen molar-refractivity contribution in [2.45, 2.75) is 6.92 Å². The summed E-state index contributed by atoms with van der Waals surface area (Å²) >= 11 is 0. The highest BCUT2D eigenvalue weighted by atomic mass is 32.2. The van der Waals surface area contributed by atoms with Crippen LogP contribution >= 0.6 is 0 Å². The van der Waals surface area contributed by atoms with E-state index in [9.17, 15) is 18.5 Å². The molecule has 9 nitrogen and oxygen atoms in total. The van der Waals surface area contributed by atoms with Gasteiger partial charge in [-0.3, -0.25) is 10.1 Å². The molecule has 0 saturated heterocycles. The first-order valence-corrected chi connectivity index (χ1v) is 7.31. The van der Waals surface area contributed by atoms with Crippen molar-refractivity contribution in [3.63, 3.8) is 0 Å². The molecule has 1 aromatic rings. The SMILES string of the molecule is CCNS(=O)(=O)CCNc1ccc([N+](=O)[O-])c(C#N)n1. The zero-order valence-electron chi connectivity index (χ0n) is 10.7. The minimum atomic E-state index is -3.35. The Bertz CT molecular complexity index is 638. The quantitative estimate of drug-likeness (QED) is 0.542. The fraction of sp³-hybridized carbons (Fsp3) is 0.400. The number of anilines is 1. The Balaban J connectivity index is 2.71. The Kier molecular flexibility index (Phi) is 5.36. The van der Waals surface area contributed by atoms with E-state index in [1.807, 2.05) is 0 Å². The zero-order chi connectivity index (χ0) is 15.2. The molecule has 0 spiro atoms. The second kappa shape index (κ2) is 6.78. The lowest BCUT2D eigenvalue weighted by Crippen LogP contribution is -2.29. The van der Waals surface area contributed by atoms with Crippen molar-refractivity contribution in [2.24, 2.45) is 0 Å². The largest absolute Gasteiger partial charge is 0.369 e. The van der Waals surface area contributed by atoms with Crippen molar-refractivity contribution in [1.29, 1.82) is 5.26 Å². The van der Waals surface area contributed by atoms with Gasteiger partial charge >= 0.3 is 5.69 Å². The van der Waals surface area contributed by atoms with Crippen LogP contribution in [-0.2, 0) is 10.0 Å². The number of nitrogens with zero attached hydrogens (tertiary/aromatic N) is 3. The Morgan fingerprint density at radius 1 is 1.50 bits per heavy atom. The van der Waals surface area contributed by atoms with Gasteiger partial charge in [-0.15, -0.1) is 0 Å². The van der Waals surface area contributed by atoms with Crippen molar-refractivity contribution in [2.75, 3.05) is 24.2 Å². The molecule has 2 N–H and O–H groups in total. The topological polar surface area (TPSA) is 138 Å². The second-order valence-corrected chi connectivity index (χ2v) is 5.60. The van der Waals surface area contributed by atoms with E-state index in [2.05, 4.69) is 15.0 Å². The van der Waals surface area contributed by atoms with E-state index >= 15 is 0 Å². The molecule has 1 aromatic heterocycles. The number of hydrogen-bond acceptors (Lipinski definition) is 7. The van der Waals surface area contributed by atoms with E-state index in [-0.39, 0.29) is 23.8 Å². The summed E-state index contributed by atoms with van der Waals surface area (Å²) in [5, 5.41) is 22.1. The molecule has 108 valence electrons. The van der Waals surface area contributed by atoms with Gasteiger partial charge in [0.15, 0.2) is 0 Å². The molecule has 0 atom stereocenters. The van der Waals surface area contributed by atoms with Crippen molar-refractivity contribution < 1.29 is 13.3 Å². The third kappa shape index (κ3) is 4.45. The molecule has 1 rings (SSSR count). The first-order valence-electron chi connectivity index (χ1n) is 5.66. The maximum absolute atomic E-state index is 11.4. The van der Waals surface area contributed by atoms with Crippen molar-refractivity contribution in [3.8, 4) is 6.07 Å². The second-order valence-electron chi connectivity index (χ2n) is 3.68. The number of aromatic nitrogens is 1. The maximum Gasteiger partial charge on any atom is 0.305 e. The molecule has 10 heteroatoms. The van der Waals surface area contributed by atoms with E-state index in [1.54, 1.807) is 13.0 Å². The molecular weight excluding hydrogens is 286 g/mol. The summed E-state index contributed by atoms with van der Waals surface area (Å²) in [4.78, 5) is 13.7. The van der Waals surface area contributed by atoms with Crippen molar-refractivity contribution >= 4 is 21.5 Å². The number of nitriles is 1. The molecule has 20 heavy (non-hydrogen) atoms. The van der Waals surface area contributed by atoms with Gasteiger partial charge in [-0.1, -0.05) is 6.92 Å². The molecule has 0 aromatic carbocycles. The molecule has 0 bridgehead atoms. The van der Waals surface area contributed by atoms with Gasteiger partial charge in [0.1, 0.15) is 11.9 Å². The van der Waals surface area contributed by atoms with Crippen LogP contribution < -0.4 is 10.0 Å². The van der Waals surface area contributed by atoms with Crippen LogP contribution in [0.3, 0.4) is 0 Å². The average molecular weight is 299 g/mol. The van der Waals surface area contributed by atoms with E-state index in [4.69, 9.17) is 5.26 Å². The monoisotopic (exact) mass is 299 g/mol. The smallest absolute Gasteiger partial charge is 0.305 e. The number of pyridine rings is 1. The van der Waals surface area contributed by atoms with Gasteiger partial charge in [-0.25, -0.2) is 18.1 Å². The Hall–Kier alpha value is -2.25. The molecule has 0 amide bonds. The number of hydrogen-bond donors (Lipinski definition) is 2. The molecular formula is C10H13N5O4S. The molecule has 0 unspecified atom stereocenters. The summed E-state index contributed by atoms with van der Waals surface area (Å²) in [7, 11) is -3.35. The number of sulfonamides is 1. The van der Waals surface area contributed by atoms with Crippen molar-refractivity contribution in [3.05, 3.63) is 27.9 Å². The maximum atomic E-state index is 11.4. The summed E-state index contributed by atoms with van der Waals surface area (Å²) in [6.45, 7) is 2.05. The third-order valence-electron chi connectivity index (χ3n) is 2.22. The number of rotatable bonds is 7. The molecule has 0 fully saturated rings. The molecule has 0 aliphatic heterocycles. The van der Waals surface area contributed by atoms with Gasteiger partial charge in [0, 0.05) is 19.2 Å². The predicted octanol–water partition coefficient (Wildman–Crippen LogP) is 0.213. The highest BCUT2D eigenvalue weighted by Gasteiger charge is 2.15. The lowest BCUT2D eigenvalue weighted by atomic mass is 10.3. The van der Waals surface area contributed by atoms with Crippen LogP contribution in [0.2, 0.25) is 0 Å². The van der Waals surface area contributed by atoms with Gasteiger partial charge in [0.2, 0.25) is 15.7 Å². The van der Waals surface area contributed by atoms with E-state index < -0.39 is 20.6 Å². The van der Waals surface area contributed by atoms with Gasteiger partial charge in [-0.2, -0.15) is 5.26 Å². The van der Waals surface area contributed by atoms with E-state index in [1.165, 1.54) is 6.07 Å². The lowest BCUT2D eigenvalue weighted by molar-refractivity contribution is -0.385. The molecule has 0 saturated carbocycles. The molecule has 1 heterocycles. The summed E-state index contributed by atoms with van der Waals surface area (Å²) in [5.74, 6) is 0.0420. The Labute approximate surface area is 115 Å². The summed E-state index contributed by atoms with van der Waals surface area (Å²) in [6.07, 6.45) is 0. The highest BCUT2D eigenvalue weighted by Crippen LogP contribution is 2.17. The van der Waals surface area contributed by atoms with Crippen LogP contribution in [0, 0.1) is 21.4 Å². The normalized spacial score (nSPS) is 10.8. The van der Waals surface area contributed by atoms with Crippen LogP contribution in [0.4, 0.5) is 11.5 Å². The first-order chi connectivity index (χ1) is 9.39. The highest BCUT2D eigenvalue weighted by molar-refractivity contribution is 7.89. The van der Waals surface area contributed by atoms with Gasteiger partial charge in [-0.05, 0) is 6.07 Å². The number of nitro groups is 1. The first kappa shape index (κ1) is 15.8. The molecule has 0 aliphatic carbocycles. The zero-order valence-corrected chi connectivity index (χ0v) is 11.5. The summed E-state index contributed by atoms with van der Waals surface area (Å²) in [6, 6.07) is 4.08. The summed E-state index contributed by atoms with van der Waals surface area (Å²) < 4.78 is 25.1. The molecule has 0 aliphatic rings. The van der Waals surface area contributed by atoms with Crippen molar-refractivity contribution in [1.82, 2.24) is 9.71 Å². The van der Waals surface area contributed by atoms with Gasteiger partial charge in [0.25, 0.3) is 0 Å². The minimum absolute atomic E-state index is 0.0744.